The third kappa shape index (κ3) is 1.97. The zero-order chi connectivity index (χ0) is 7.56. The summed E-state index contributed by atoms with van der Waals surface area (Å²) in [4.78, 5) is 10.6. The smallest absolute Gasteiger partial charge is 0.310 e. The first-order chi connectivity index (χ1) is 4.68. The highest BCUT2D eigenvalue weighted by molar-refractivity contribution is 5.70. The van der Waals surface area contributed by atoms with Gasteiger partial charge in [-0.3, -0.25) is 4.79 Å². The molecule has 0 spiro atoms. The molecule has 0 aromatic heterocycles. The average Bonchev–Trinajstić information content (AvgIpc) is 1.93. The van der Waals surface area contributed by atoms with Gasteiger partial charge in [0.25, 0.3) is 0 Å². The van der Waals surface area contributed by atoms with E-state index in [1.165, 1.54) is 0 Å². The first kappa shape index (κ1) is 7.50. The summed E-state index contributed by atoms with van der Waals surface area (Å²) in [5.74, 6) is -0.405. The van der Waals surface area contributed by atoms with Gasteiger partial charge in [0.2, 0.25) is 6.29 Å². The molecule has 1 saturated heterocycles. The number of hydrogen-bond donors (Lipinski definition) is 1. The van der Waals surface area contributed by atoms with Gasteiger partial charge in [-0.2, -0.15) is 0 Å². The molecule has 10 heavy (non-hydrogen) atoms. The Hall–Kier alpha value is -0.610. The summed E-state index contributed by atoms with van der Waals surface area (Å²) in [6, 6.07) is 0. The van der Waals surface area contributed by atoms with Gasteiger partial charge in [-0.1, -0.05) is 0 Å². The van der Waals surface area contributed by atoms with Gasteiger partial charge in [-0.05, 0) is 6.92 Å². The predicted molar refractivity (Wildman–Crippen MR) is 32.1 cm³/mol. The molecule has 2 unspecified atom stereocenters. The van der Waals surface area contributed by atoms with E-state index in [1.807, 2.05) is 0 Å². The molecule has 1 heterocycles. The average molecular weight is 146 g/mol. The van der Waals surface area contributed by atoms with Crippen LogP contribution in [-0.4, -0.2) is 30.1 Å². The van der Waals surface area contributed by atoms with Gasteiger partial charge in [0.15, 0.2) is 0 Å². The summed E-state index contributed by atoms with van der Waals surface area (Å²) in [5.41, 5.74) is 0. The van der Waals surface area contributed by atoms with Crippen LogP contribution >= 0.6 is 0 Å². The molecule has 0 bridgehead atoms. The van der Waals surface area contributed by atoms with Crippen LogP contribution in [0.5, 0.6) is 0 Å². The highest BCUT2D eigenvalue weighted by Crippen LogP contribution is 2.06. The lowest BCUT2D eigenvalue weighted by atomic mass is 10.3. The number of aliphatic hydroxyl groups is 1. The summed E-state index contributed by atoms with van der Waals surface area (Å²) in [7, 11) is 0. The number of aliphatic hydroxyl groups excluding tert-OH is 1. The Labute approximate surface area is 58.7 Å². The van der Waals surface area contributed by atoms with Crippen molar-refractivity contribution < 1.29 is 19.4 Å². The number of esters is 1. The fraction of sp³-hybridized carbons (Fsp3) is 0.833. The van der Waals surface area contributed by atoms with Crippen molar-refractivity contribution in [2.24, 2.45) is 0 Å². The minimum atomic E-state index is -1.09. The van der Waals surface area contributed by atoms with Crippen molar-refractivity contribution in [3.05, 3.63) is 0 Å². The largest absolute Gasteiger partial charge is 0.433 e. The molecule has 1 rings (SSSR count). The molecule has 0 amide bonds. The normalized spacial score (nSPS) is 34.8. The van der Waals surface area contributed by atoms with Crippen molar-refractivity contribution in [2.75, 3.05) is 6.61 Å². The maximum Gasteiger partial charge on any atom is 0.310 e. The van der Waals surface area contributed by atoms with E-state index < -0.39 is 12.3 Å². The second kappa shape index (κ2) is 2.98. The zero-order valence-electron chi connectivity index (χ0n) is 5.74. The van der Waals surface area contributed by atoms with Crippen molar-refractivity contribution in [3.8, 4) is 0 Å². The summed E-state index contributed by atoms with van der Waals surface area (Å²) in [6.45, 7) is 1.84. The fourth-order valence-corrected chi connectivity index (χ4v) is 0.774. The van der Waals surface area contributed by atoms with Gasteiger partial charge in [-0.25, -0.2) is 0 Å². The van der Waals surface area contributed by atoms with Gasteiger partial charge < -0.3 is 14.6 Å². The Morgan fingerprint density at radius 3 is 3.10 bits per heavy atom. The predicted octanol–water partition coefficient (Wildman–Crippen LogP) is -0.343. The van der Waals surface area contributed by atoms with Crippen LogP contribution in [0.3, 0.4) is 0 Å². The molecule has 58 valence electrons. The number of hydrogen-bond acceptors (Lipinski definition) is 4. The van der Waals surface area contributed by atoms with E-state index in [0.29, 0.717) is 0 Å². The lowest BCUT2D eigenvalue weighted by Crippen LogP contribution is -2.18. The molecule has 4 nitrogen and oxygen atoms in total. The number of rotatable bonds is 0. The lowest BCUT2D eigenvalue weighted by molar-refractivity contribution is -0.167. The zero-order valence-corrected chi connectivity index (χ0v) is 5.74. The molecule has 2 atom stereocenters. The number of carbonyl (C=O) groups is 1. The molecule has 1 fully saturated rings. The Morgan fingerprint density at radius 1 is 1.70 bits per heavy atom. The second-order valence-electron chi connectivity index (χ2n) is 2.29. The SMILES string of the molecule is CC1CC(=O)OC(O)CO1. The Kier molecular flexibility index (Phi) is 2.24. The quantitative estimate of drug-likeness (QED) is 0.475. The van der Waals surface area contributed by atoms with Gasteiger partial charge in [0.1, 0.15) is 6.61 Å². The standard InChI is InChI=1S/C6H10O4/c1-4-2-5(7)10-6(8)3-9-4/h4,6,8H,2-3H2,1H3. The van der Waals surface area contributed by atoms with Crippen molar-refractivity contribution in [2.45, 2.75) is 25.7 Å². The number of cyclic esters (lactones) is 1. The molecule has 0 saturated carbocycles. The molecule has 4 heteroatoms. The van der Waals surface area contributed by atoms with Crippen molar-refractivity contribution >= 4 is 5.97 Å². The maximum atomic E-state index is 10.6. The molecule has 1 N–H and O–H groups in total. The Balaban J connectivity index is 2.46. The summed E-state index contributed by atoms with van der Waals surface area (Å²) < 4.78 is 9.46. The highest BCUT2D eigenvalue weighted by Gasteiger charge is 2.20. The van der Waals surface area contributed by atoms with E-state index in [2.05, 4.69) is 4.74 Å². The highest BCUT2D eigenvalue weighted by atomic mass is 16.7. The topological polar surface area (TPSA) is 55.8 Å². The maximum absolute atomic E-state index is 10.6. The van der Waals surface area contributed by atoms with Crippen LogP contribution in [0.25, 0.3) is 0 Å². The van der Waals surface area contributed by atoms with Crippen LogP contribution in [0.4, 0.5) is 0 Å². The first-order valence-electron chi connectivity index (χ1n) is 3.17. The minimum Gasteiger partial charge on any atom is -0.433 e. The summed E-state index contributed by atoms with van der Waals surface area (Å²) in [5, 5.41) is 8.81. The van der Waals surface area contributed by atoms with E-state index in [-0.39, 0.29) is 19.1 Å². The minimum absolute atomic E-state index is 0.0763. The van der Waals surface area contributed by atoms with E-state index in [9.17, 15) is 4.79 Å². The van der Waals surface area contributed by atoms with Crippen LogP contribution in [0, 0.1) is 0 Å². The Morgan fingerprint density at radius 2 is 2.40 bits per heavy atom. The molecular formula is C6H10O4. The van der Waals surface area contributed by atoms with E-state index in [0.717, 1.165) is 0 Å². The van der Waals surface area contributed by atoms with Crippen molar-refractivity contribution in [1.29, 1.82) is 0 Å². The fourth-order valence-electron chi connectivity index (χ4n) is 0.774. The number of ether oxygens (including phenoxy) is 2. The lowest BCUT2D eigenvalue weighted by Gasteiger charge is -2.06. The summed E-state index contributed by atoms with van der Waals surface area (Å²) in [6.07, 6.45) is -1.01. The van der Waals surface area contributed by atoms with Crippen LogP contribution in [-0.2, 0) is 14.3 Å². The number of carbonyl (C=O) groups excluding carboxylic acids is 1. The van der Waals surface area contributed by atoms with Gasteiger partial charge in [-0.15, -0.1) is 0 Å². The van der Waals surface area contributed by atoms with Crippen molar-refractivity contribution in [1.82, 2.24) is 0 Å². The summed E-state index contributed by atoms with van der Waals surface area (Å²) >= 11 is 0. The third-order valence-corrected chi connectivity index (χ3v) is 1.24. The van der Waals surface area contributed by atoms with E-state index in [1.54, 1.807) is 6.92 Å². The molecular weight excluding hydrogens is 136 g/mol. The molecule has 0 aliphatic carbocycles. The van der Waals surface area contributed by atoms with Crippen molar-refractivity contribution in [3.63, 3.8) is 0 Å². The van der Waals surface area contributed by atoms with E-state index >= 15 is 0 Å². The molecule has 1 aliphatic heterocycles. The second-order valence-corrected chi connectivity index (χ2v) is 2.29. The monoisotopic (exact) mass is 146 g/mol. The van der Waals surface area contributed by atoms with Crippen LogP contribution in [0.15, 0.2) is 0 Å². The first-order valence-corrected chi connectivity index (χ1v) is 3.17. The third-order valence-electron chi connectivity index (χ3n) is 1.24. The van der Waals surface area contributed by atoms with Crippen LogP contribution < -0.4 is 0 Å². The molecule has 0 aromatic rings. The van der Waals surface area contributed by atoms with Crippen LogP contribution in [0.2, 0.25) is 0 Å². The van der Waals surface area contributed by atoms with Gasteiger partial charge >= 0.3 is 5.97 Å². The molecule has 0 radical (unpaired) electrons. The van der Waals surface area contributed by atoms with Gasteiger partial charge in [0.05, 0.1) is 12.5 Å². The van der Waals surface area contributed by atoms with E-state index in [4.69, 9.17) is 9.84 Å². The van der Waals surface area contributed by atoms with Crippen LogP contribution in [0.1, 0.15) is 13.3 Å². The Bertz CT molecular complexity index is 120. The molecule has 0 aromatic carbocycles. The van der Waals surface area contributed by atoms with Gasteiger partial charge in [0, 0.05) is 0 Å². The molecule has 1 aliphatic rings.